The number of aromatic nitrogens is 1. The molecular weight excluding hydrogens is 336 g/mol. The second-order valence-corrected chi connectivity index (χ2v) is 7.59. The van der Waals surface area contributed by atoms with Gasteiger partial charge in [0.15, 0.2) is 0 Å². The number of rotatable bonds is 5. The average Bonchev–Trinajstić information content (AvgIpc) is 2.92. The molecule has 1 aliphatic rings. The van der Waals surface area contributed by atoms with Gasteiger partial charge in [0.1, 0.15) is 5.75 Å². The highest BCUT2D eigenvalue weighted by atomic mass is 32.1. The summed E-state index contributed by atoms with van der Waals surface area (Å²) in [5.74, 6) is 1.00. The van der Waals surface area contributed by atoms with Crippen LogP contribution in [-0.4, -0.2) is 48.7 Å². The van der Waals surface area contributed by atoms with Gasteiger partial charge in [-0.25, -0.2) is 4.98 Å². The summed E-state index contributed by atoms with van der Waals surface area (Å²) in [6.07, 6.45) is 1.23. The Hall–Kier alpha value is -1.92. The van der Waals surface area contributed by atoms with E-state index < -0.39 is 0 Å². The highest BCUT2D eigenvalue weighted by molar-refractivity contribution is 7.11. The highest BCUT2D eigenvalue weighted by Crippen LogP contribution is 2.20. The van der Waals surface area contributed by atoms with Crippen LogP contribution in [0.1, 0.15) is 21.1 Å². The van der Waals surface area contributed by atoms with Gasteiger partial charge in [-0.2, -0.15) is 0 Å². The first-order chi connectivity index (χ1) is 12.0. The van der Waals surface area contributed by atoms with Crippen LogP contribution in [0.15, 0.2) is 24.3 Å². The fourth-order valence-corrected chi connectivity index (χ4v) is 4.05. The van der Waals surface area contributed by atoms with Gasteiger partial charge in [-0.3, -0.25) is 4.79 Å². The Morgan fingerprint density at radius 1 is 1.44 bits per heavy atom. The number of carbonyl (C=O) groups is 1. The van der Waals surface area contributed by atoms with E-state index in [0.29, 0.717) is 26.1 Å². The zero-order valence-electron chi connectivity index (χ0n) is 14.9. The number of ether oxygens (including phenoxy) is 2. The van der Waals surface area contributed by atoms with Crippen LogP contribution in [0.4, 0.5) is 0 Å². The van der Waals surface area contributed by atoms with Gasteiger partial charge < -0.3 is 14.4 Å². The van der Waals surface area contributed by atoms with E-state index in [0.717, 1.165) is 33.3 Å². The van der Waals surface area contributed by atoms with Gasteiger partial charge >= 0.3 is 0 Å². The number of thiazole rings is 1. The number of morpholine rings is 1. The van der Waals surface area contributed by atoms with Gasteiger partial charge in [0, 0.05) is 24.4 Å². The molecule has 0 aliphatic carbocycles. The van der Waals surface area contributed by atoms with E-state index in [1.807, 2.05) is 36.9 Å². The zero-order chi connectivity index (χ0) is 17.8. The first-order valence-electron chi connectivity index (χ1n) is 8.50. The van der Waals surface area contributed by atoms with Crippen molar-refractivity contribution in [1.82, 2.24) is 9.88 Å². The largest absolute Gasteiger partial charge is 0.497 e. The van der Waals surface area contributed by atoms with Crippen molar-refractivity contribution in [2.75, 3.05) is 26.8 Å². The van der Waals surface area contributed by atoms with E-state index in [1.165, 1.54) is 0 Å². The number of hydrogen-bond acceptors (Lipinski definition) is 5. The molecule has 0 spiro atoms. The third-order valence-corrected chi connectivity index (χ3v) is 5.47. The third kappa shape index (κ3) is 4.58. The molecule has 5 nitrogen and oxygen atoms in total. The lowest BCUT2D eigenvalue weighted by Crippen LogP contribution is -2.46. The van der Waals surface area contributed by atoms with Gasteiger partial charge in [0.2, 0.25) is 5.91 Å². The molecule has 0 unspecified atom stereocenters. The molecule has 3 rings (SSSR count). The van der Waals surface area contributed by atoms with Gasteiger partial charge in [0.05, 0.1) is 36.9 Å². The fourth-order valence-electron chi connectivity index (χ4n) is 3.12. The summed E-state index contributed by atoms with van der Waals surface area (Å²) in [5, 5.41) is 1.01. The van der Waals surface area contributed by atoms with Gasteiger partial charge in [0.25, 0.3) is 0 Å². The molecule has 2 heterocycles. The van der Waals surface area contributed by atoms with Crippen LogP contribution < -0.4 is 4.74 Å². The predicted molar refractivity (Wildman–Crippen MR) is 98.3 cm³/mol. The van der Waals surface area contributed by atoms with Gasteiger partial charge in [-0.1, -0.05) is 12.1 Å². The molecule has 1 aromatic heterocycles. The van der Waals surface area contributed by atoms with Crippen molar-refractivity contribution in [1.29, 1.82) is 0 Å². The Labute approximate surface area is 152 Å². The number of nitrogens with zero attached hydrogens (tertiary/aromatic N) is 2. The molecule has 0 radical (unpaired) electrons. The molecule has 0 bridgehead atoms. The molecule has 134 valence electrons. The molecule has 1 fully saturated rings. The number of methoxy groups -OCH3 is 1. The molecule has 0 N–H and O–H groups in total. The SMILES string of the molecule is COc1cccc(C[C@@H]2CN(C(=O)Cc3sc(C)nc3C)CCO2)c1. The Morgan fingerprint density at radius 2 is 2.28 bits per heavy atom. The Bertz CT molecular complexity index is 744. The van der Waals surface area contributed by atoms with Gasteiger partial charge in [-0.15, -0.1) is 11.3 Å². The quantitative estimate of drug-likeness (QED) is 0.823. The van der Waals surface area contributed by atoms with Crippen molar-refractivity contribution in [3.63, 3.8) is 0 Å². The van der Waals surface area contributed by atoms with Crippen LogP contribution in [0, 0.1) is 13.8 Å². The molecule has 0 saturated carbocycles. The molecule has 6 heteroatoms. The Balaban J connectivity index is 1.60. The maximum Gasteiger partial charge on any atom is 0.228 e. The number of aryl methyl sites for hydroxylation is 2. The smallest absolute Gasteiger partial charge is 0.228 e. The minimum Gasteiger partial charge on any atom is -0.497 e. The topological polar surface area (TPSA) is 51.7 Å². The molecule has 2 aromatic rings. The van der Waals surface area contributed by atoms with Gasteiger partial charge in [-0.05, 0) is 31.5 Å². The van der Waals surface area contributed by atoms with E-state index in [-0.39, 0.29) is 12.0 Å². The van der Waals surface area contributed by atoms with Crippen LogP contribution in [0.3, 0.4) is 0 Å². The summed E-state index contributed by atoms with van der Waals surface area (Å²) in [4.78, 5) is 20.1. The summed E-state index contributed by atoms with van der Waals surface area (Å²) in [6.45, 7) is 5.82. The second kappa shape index (κ2) is 7.97. The molecule has 1 aromatic carbocycles. The van der Waals surface area contributed by atoms with Crippen LogP contribution in [0.2, 0.25) is 0 Å². The third-order valence-electron chi connectivity index (χ3n) is 4.40. The summed E-state index contributed by atoms with van der Waals surface area (Å²) in [5.41, 5.74) is 2.13. The molecule has 25 heavy (non-hydrogen) atoms. The second-order valence-electron chi connectivity index (χ2n) is 6.31. The minimum absolute atomic E-state index is 0.0223. The predicted octanol–water partition coefficient (Wildman–Crippen LogP) is 2.78. The number of carbonyl (C=O) groups excluding carboxylic acids is 1. The summed E-state index contributed by atoms with van der Waals surface area (Å²) in [6, 6.07) is 8.00. The van der Waals surface area contributed by atoms with Crippen molar-refractivity contribution in [2.24, 2.45) is 0 Å². The lowest BCUT2D eigenvalue weighted by molar-refractivity contribution is -0.137. The maximum absolute atomic E-state index is 12.7. The van der Waals surface area contributed by atoms with Crippen LogP contribution in [0.5, 0.6) is 5.75 Å². The summed E-state index contributed by atoms with van der Waals surface area (Å²) in [7, 11) is 1.67. The van der Waals surface area contributed by atoms with Crippen molar-refractivity contribution >= 4 is 17.2 Å². The van der Waals surface area contributed by atoms with E-state index in [2.05, 4.69) is 11.1 Å². The van der Waals surface area contributed by atoms with E-state index in [9.17, 15) is 4.79 Å². The van der Waals surface area contributed by atoms with Crippen LogP contribution >= 0.6 is 11.3 Å². The van der Waals surface area contributed by atoms with E-state index in [4.69, 9.17) is 9.47 Å². The lowest BCUT2D eigenvalue weighted by Gasteiger charge is -2.33. The number of amides is 1. The molecule has 1 saturated heterocycles. The standard InChI is InChI=1S/C19H24N2O3S/c1-13-18(25-14(2)20-13)11-19(22)21-7-8-24-17(12-21)10-15-5-4-6-16(9-15)23-3/h4-6,9,17H,7-8,10-12H2,1-3H3/t17-/m1/s1. The Morgan fingerprint density at radius 3 is 3.00 bits per heavy atom. The first kappa shape index (κ1) is 17.9. The van der Waals surface area contributed by atoms with Crippen molar-refractivity contribution in [2.45, 2.75) is 32.8 Å². The molecule has 1 atom stereocenters. The van der Waals surface area contributed by atoms with Crippen LogP contribution in [-0.2, 0) is 22.4 Å². The molecular formula is C19H24N2O3S. The summed E-state index contributed by atoms with van der Waals surface area (Å²) < 4.78 is 11.1. The van der Waals surface area contributed by atoms with Crippen molar-refractivity contribution < 1.29 is 14.3 Å². The zero-order valence-corrected chi connectivity index (χ0v) is 15.8. The van der Waals surface area contributed by atoms with Crippen molar-refractivity contribution in [3.8, 4) is 5.75 Å². The van der Waals surface area contributed by atoms with E-state index >= 15 is 0 Å². The normalized spacial score (nSPS) is 17.6. The maximum atomic E-state index is 12.7. The number of benzene rings is 1. The Kier molecular flexibility index (Phi) is 5.71. The minimum atomic E-state index is 0.0223. The molecule has 1 amide bonds. The molecule has 1 aliphatic heterocycles. The van der Waals surface area contributed by atoms with E-state index in [1.54, 1.807) is 18.4 Å². The lowest BCUT2D eigenvalue weighted by atomic mass is 10.1. The monoisotopic (exact) mass is 360 g/mol. The average molecular weight is 360 g/mol. The first-order valence-corrected chi connectivity index (χ1v) is 9.32. The fraction of sp³-hybridized carbons (Fsp3) is 0.474. The van der Waals surface area contributed by atoms with Crippen LogP contribution in [0.25, 0.3) is 0 Å². The summed E-state index contributed by atoms with van der Waals surface area (Å²) >= 11 is 1.61. The number of hydrogen-bond donors (Lipinski definition) is 0. The van der Waals surface area contributed by atoms with Crippen molar-refractivity contribution in [3.05, 3.63) is 45.4 Å². The highest BCUT2D eigenvalue weighted by Gasteiger charge is 2.25.